The van der Waals surface area contributed by atoms with E-state index in [-0.39, 0.29) is 11.4 Å². The molecule has 1 unspecified atom stereocenters. The first-order valence-corrected chi connectivity index (χ1v) is 6.18. The molecule has 2 rings (SSSR count). The third kappa shape index (κ3) is 2.61. The van der Waals surface area contributed by atoms with E-state index in [0.29, 0.717) is 12.5 Å². The van der Waals surface area contributed by atoms with Crippen molar-refractivity contribution in [1.82, 2.24) is 19.7 Å². The summed E-state index contributed by atoms with van der Waals surface area (Å²) in [4.78, 5) is 23.3. The predicted molar refractivity (Wildman–Crippen MR) is 68.8 cm³/mol. The van der Waals surface area contributed by atoms with Crippen LogP contribution in [0.1, 0.15) is 12.8 Å². The van der Waals surface area contributed by atoms with Crippen LogP contribution in [0.2, 0.25) is 0 Å². The number of anilines is 1. The summed E-state index contributed by atoms with van der Waals surface area (Å²) in [5.74, 6) is 0.743. The van der Waals surface area contributed by atoms with Crippen LogP contribution in [-0.4, -0.2) is 34.0 Å². The van der Waals surface area contributed by atoms with E-state index in [0.717, 1.165) is 30.5 Å². The first-order valence-electron chi connectivity index (χ1n) is 6.18. The van der Waals surface area contributed by atoms with Crippen molar-refractivity contribution in [1.29, 1.82) is 0 Å². The quantitative estimate of drug-likeness (QED) is 0.714. The molecule has 18 heavy (non-hydrogen) atoms. The monoisotopic (exact) mass is 253 g/mol. The van der Waals surface area contributed by atoms with Crippen molar-refractivity contribution in [2.24, 2.45) is 20.0 Å². The van der Waals surface area contributed by atoms with Crippen molar-refractivity contribution in [3.8, 4) is 0 Å². The Bertz CT molecular complexity index is 527. The summed E-state index contributed by atoms with van der Waals surface area (Å²) in [5, 5.41) is 10.3. The predicted octanol–water partition coefficient (Wildman–Crippen LogP) is -1.11. The normalized spacial score (nSPS) is 19.8. The molecule has 7 nitrogen and oxygen atoms in total. The van der Waals surface area contributed by atoms with Gasteiger partial charge in [0.2, 0.25) is 5.82 Å². The molecule has 1 aromatic heterocycles. The fourth-order valence-electron chi connectivity index (χ4n) is 2.15. The van der Waals surface area contributed by atoms with E-state index in [1.54, 1.807) is 0 Å². The van der Waals surface area contributed by atoms with Crippen molar-refractivity contribution in [2.75, 3.05) is 25.0 Å². The summed E-state index contributed by atoms with van der Waals surface area (Å²) in [6, 6.07) is 0. The molecule has 1 atom stereocenters. The fraction of sp³-hybridized carbons (Fsp3) is 0.727. The van der Waals surface area contributed by atoms with E-state index in [1.807, 2.05) is 0 Å². The van der Waals surface area contributed by atoms with Gasteiger partial charge in [0.1, 0.15) is 0 Å². The highest BCUT2D eigenvalue weighted by Gasteiger charge is 2.14. The molecule has 7 heteroatoms. The van der Waals surface area contributed by atoms with Gasteiger partial charge < -0.3 is 10.6 Å². The summed E-state index contributed by atoms with van der Waals surface area (Å²) in [6.45, 7) is 2.73. The molecule has 1 aliphatic heterocycles. The average molecular weight is 253 g/mol. The fourth-order valence-corrected chi connectivity index (χ4v) is 2.15. The molecule has 0 aliphatic carbocycles. The summed E-state index contributed by atoms with van der Waals surface area (Å²) in [7, 11) is 2.99. The zero-order valence-corrected chi connectivity index (χ0v) is 10.8. The minimum absolute atomic E-state index is 0.241. The summed E-state index contributed by atoms with van der Waals surface area (Å²) in [5.41, 5.74) is -0.785. The highest BCUT2D eigenvalue weighted by molar-refractivity contribution is 5.29. The van der Waals surface area contributed by atoms with Crippen LogP contribution in [0.25, 0.3) is 0 Å². The summed E-state index contributed by atoms with van der Waals surface area (Å²) < 4.78 is 2.23. The van der Waals surface area contributed by atoms with E-state index >= 15 is 0 Å². The molecule has 0 aromatic carbocycles. The van der Waals surface area contributed by atoms with Crippen molar-refractivity contribution < 1.29 is 0 Å². The molecule has 1 aromatic rings. The molecule has 0 bridgehead atoms. The van der Waals surface area contributed by atoms with Crippen molar-refractivity contribution in [2.45, 2.75) is 12.8 Å². The molecule has 1 fully saturated rings. The van der Waals surface area contributed by atoms with Gasteiger partial charge in [-0.25, -0.2) is 9.48 Å². The second-order valence-electron chi connectivity index (χ2n) is 4.71. The summed E-state index contributed by atoms with van der Waals surface area (Å²) >= 11 is 0. The molecule has 0 radical (unpaired) electrons. The zero-order valence-electron chi connectivity index (χ0n) is 10.8. The first-order chi connectivity index (χ1) is 8.59. The lowest BCUT2D eigenvalue weighted by Crippen LogP contribution is -2.41. The van der Waals surface area contributed by atoms with E-state index < -0.39 is 5.69 Å². The van der Waals surface area contributed by atoms with E-state index in [9.17, 15) is 9.59 Å². The third-order valence-corrected chi connectivity index (χ3v) is 3.28. The van der Waals surface area contributed by atoms with Crippen LogP contribution >= 0.6 is 0 Å². The third-order valence-electron chi connectivity index (χ3n) is 3.28. The highest BCUT2D eigenvalue weighted by atomic mass is 16.2. The second-order valence-corrected chi connectivity index (χ2v) is 4.71. The zero-order chi connectivity index (χ0) is 13.1. The Hall–Kier alpha value is -1.63. The Morgan fingerprint density at radius 2 is 2.22 bits per heavy atom. The standard InChI is InChI=1S/C11H19N5O2/c1-15-10(17)9(14-16(2)11(15)18)13-7-8-4-3-5-12-6-8/h8,12H,3-7H2,1-2H3,(H,13,14). The number of piperidine rings is 1. The Labute approximate surface area is 105 Å². The van der Waals surface area contributed by atoms with Crippen LogP contribution in [-0.2, 0) is 14.1 Å². The largest absolute Gasteiger partial charge is 0.364 e. The summed E-state index contributed by atoms with van der Waals surface area (Å²) in [6.07, 6.45) is 2.30. The lowest BCUT2D eigenvalue weighted by Gasteiger charge is -2.22. The average Bonchev–Trinajstić information content (AvgIpc) is 2.40. The number of aromatic nitrogens is 3. The van der Waals surface area contributed by atoms with E-state index in [1.165, 1.54) is 18.8 Å². The number of nitrogens with one attached hydrogen (secondary N) is 2. The van der Waals surface area contributed by atoms with Gasteiger partial charge >= 0.3 is 5.69 Å². The molecular weight excluding hydrogens is 234 g/mol. The smallest absolute Gasteiger partial charge is 0.346 e. The molecule has 0 saturated carbocycles. The van der Waals surface area contributed by atoms with Gasteiger partial charge in [-0.1, -0.05) is 0 Å². The van der Waals surface area contributed by atoms with Gasteiger partial charge in [-0.15, -0.1) is 5.10 Å². The lowest BCUT2D eigenvalue weighted by atomic mass is 10.00. The number of rotatable bonds is 3. The number of hydrogen-bond donors (Lipinski definition) is 2. The molecule has 0 amide bonds. The Balaban J connectivity index is 2.10. The molecule has 1 aliphatic rings. The molecular formula is C11H19N5O2. The maximum absolute atomic E-state index is 11.8. The van der Waals surface area contributed by atoms with Crippen molar-refractivity contribution >= 4 is 5.82 Å². The maximum Gasteiger partial charge on any atom is 0.346 e. The van der Waals surface area contributed by atoms with Crippen molar-refractivity contribution in [3.63, 3.8) is 0 Å². The van der Waals surface area contributed by atoms with Gasteiger partial charge in [0.05, 0.1) is 0 Å². The molecule has 0 spiro atoms. The van der Waals surface area contributed by atoms with Crippen LogP contribution in [0.3, 0.4) is 0 Å². The second kappa shape index (κ2) is 5.34. The first kappa shape index (κ1) is 12.8. The van der Waals surface area contributed by atoms with Crippen LogP contribution < -0.4 is 21.9 Å². The molecule has 100 valence electrons. The minimum Gasteiger partial charge on any atom is -0.364 e. The highest BCUT2D eigenvalue weighted by Crippen LogP contribution is 2.09. The van der Waals surface area contributed by atoms with Crippen LogP contribution in [0.5, 0.6) is 0 Å². The van der Waals surface area contributed by atoms with Gasteiger partial charge in [0.25, 0.3) is 5.56 Å². The minimum atomic E-state index is -0.412. The topological polar surface area (TPSA) is 81.0 Å². The maximum atomic E-state index is 11.8. The number of nitrogens with zero attached hydrogens (tertiary/aromatic N) is 3. The van der Waals surface area contributed by atoms with Gasteiger partial charge in [0.15, 0.2) is 0 Å². The molecule has 1 saturated heterocycles. The molecule has 2 heterocycles. The Morgan fingerprint density at radius 3 is 2.89 bits per heavy atom. The van der Waals surface area contributed by atoms with Crippen LogP contribution in [0.4, 0.5) is 5.82 Å². The van der Waals surface area contributed by atoms with Gasteiger partial charge in [-0.2, -0.15) is 0 Å². The van der Waals surface area contributed by atoms with Crippen LogP contribution in [0, 0.1) is 5.92 Å². The molecule has 2 N–H and O–H groups in total. The lowest BCUT2D eigenvalue weighted by molar-refractivity contribution is 0.392. The number of hydrogen-bond acceptors (Lipinski definition) is 5. The Kier molecular flexibility index (Phi) is 3.81. The SMILES string of the molecule is Cn1nc(NCC2CCCNC2)c(=O)n(C)c1=O. The van der Waals surface area contributed by atoms with E-state index in [4.69, 9.17) is 0 Å². The van der Waals surface area contributed by atoms with Gasteiger partial charge in [0, 0.05) is 20.6 Å². The Morgan fingerprint density at radius 1 is 1.44 bits per heavy atom. The van der Waals surface area contributed by atoms with Crippen LogP contribution in [0.15, 0.2) is 9.59 Å². The van der Waals surface area contributed by atoms with Gasteiger partial charge in [-0.05, 0) is 31.8 Å². The van der Waals surface area contributed by atoms with E-state index in [2.05, 4.69) is 15.7 Å². The van der Waals surface area contributed by atoms with Crippen molar-refractivity contribution in [3.05, 3.63) is 20.8 Å². The van der Waals surface area contributed by atoms with Gasteiger partial charge in [-0.3, -0.25) is 9.36 Å². The number of aryl methyl sites for hydroxylation is 1.